The molecule has 1 N–H and O–H groups in total. The molecular weight excluding hydrogens is 471 g/mol. The van der Waals surface area contributed by atoms with Crippen molar-refractivity contribution in [2.45, 2.75) is 0 Å². The van der Waals surface area contributed by atoms with Gasteiger partial charge in [0, 0.05) is 38.5 Å². The highest BCUT2D eigenvalue weighted by atomic mass is 35.5. The summed E-state index contributed by atoms with van der Waals surface area (Å²) in [5.41, 5.74) is 1.12. The van der Waals surface area contributed by atoms with Crippen LogP contribution < -0.4 is 10.1 Å². The molecule has 2 amide bonds. The van der Waals surface area contributed by atoms with Crippen LogP contribution in [0.3, 0.4) is 0 Å². The predicted molar refractivity (Wildman–Crippen MR) is 133 cm³/mol. The summed E-state index contributed by atoms with van der Waals surface area (Å²) in [5, 5.41) is 3.29. The fourth-order valence-corrected chi connectivity index (χ4v) is 3.78. The maximum Gasteiger partial charge on any atom is 0.246 e. The number of benzene rings is 2. The maximum atomic E-state index is 14.4. The summed E-state index contributed by atoms with van der Waals surface area (Å²) in [7, 11) is 0. The van der Waals surface area contributed by atoms with Crippen LogP contribution >= 0.6 is 11.6 Å². The lowest BCUT2D eigenvalue weighted by molar-refractivity contribution is -0.127. The summed E-state index contributed by atoms with van der Waals surface area (Å²) in [5.74, 6) is -0.342. The molecule has 3 aromatic rings. The molecule has 1 fully saturated rings. The number of rotatable bonds is 7. The zero-order chi connectivity index (χ0) is 24.6. The van der Waals surface area contributed by atoms with Gasteiger partial charge in [0.2, 0.25) is 11.8 Å². The summed E-state index contributed by atoms with van der Waals surface area (Å²) < 4.78 is 19.9. The Balaban J connectivity index is 1.25. The fourth-order valence-electron chi connectivity index (χ4n) is 3.59. The minimum atomic E-state index is -0.535. The number of hydrogen-bond acceptors (Lipinski definition) is 5. The van der Waals surface area contributed by atoms with E-state index in [1.54, 1.807) is 59.6 Å². The summed E-state index contributed by atoms with van der Waals surface area (Å²) in [6.07, 6.45) is 6.10. The lowest BCUT2D eigenvalue weighted by Gasteiger charge is -2.33. The van der Waals surface area contributed by atoms with Gasteiger partial charge in [0.1, 0.15) is 5.75 Å². The standard InChI is InChI=1S/C26H24ClFN4O3/c27-21-5-1-2-6-23(21)30-25(33)18-31-12-14-32(15-13-31)26(34)10-8-19-7-9-24(22(28)16-19)35-20-4-3-11-29-17-20/h1-11,16-17H,12-15,18H2,(H,30,33)/b10-8+. The van der Waals surface area contributed by atoms with E-state index in [0.717, 1.165) is 0 Å². The Labute approximate surface area is 207 Å². The van der Waals surface area contributed by atoms with Crippen molar-refractivity contribution in [2.24, 2.45) is 0 Å². The Morgan fingerprint density at radius 3 is 2.60 bits per heavy atom. The molecule has 35 heavy (non-hydrogen) atoms. The molecule has 1 aliphatic rings. The molecule has 0 bridgehead atoms. The SMILES string of the molecule is O=C(CN1CCN(C(=O)/C=C/c2ccc(Oc3cccnc3)c(F)c2)CC1)Nc1ccccc1Cl. The fraction of sp³-hybridized carbons (Fsp3) is 0.192. The molecule has 0 radical (unpaired) electrons. The predicted octanol–water partition coefficient (Wildman–Crippen LogP) is 4.46. The summed E-state index contributed by atoms with van der Waals surface area (Å²) in [4.78, 5) is 32.5. The van der Waals surface area contributed by atoms with Crippen LogP contribution in [0, 0.1) is 5.82 Å². The van der Waals surface area contributed by atoms with E-state index in [0.29, 0.717) is 48.2 Å². The Kier molecular flexibility index (Phi) is 8.07. The van der Waals surface area contributed by atoms with Crippen molar-refractivity contribution in [2.75, 3.05) is 38.0 Å². The first-order valence-electron chi connectivity index (χ1n) is 11.1. The number of anilines is 1. The Bertz CT molecular complexity index is 1210. The van der Waals surface area contributed by atoms with Crippen LogP contribution in [0.4, 0.5) is 10.1 Å². The number of pyridine rings is 1. The van der Waals surface area contributed by atoms with Crippen molar-refractivity contribution in [1.29, 1.82) is 0 Å². The third-order valence-corrected chi connectivity index (χ3v) is 5.77. The first-order valence-corrected chi connectivity index (χ1v) is 11.5. The molecule has 1 aliphatic heterocycles. The van der Waals surface area contributed by atoms with E-state index in [2.05, 4.69) is 10.3 Å². The van der Waals surface area contributed by atoms with Crippen LogP contribution in [0.5, 0.6) is 11.5 Å². The number of hydrogen-bond donors (Lipinski definition) is 1. The van der Waals surface area contributed by atoms with Crippen molar-refractivity contribution >= 4 is 35.2 Å². The Morgan fingerprint density at radius 2 is 1.89 bits per heavy atom. The molecule has 2 heterocycles. The minimum absolute atomic E-state index is 0.0798. The van der Waals surface area contributed by atoms with Crippen molar-refractivity contribution in [3.05, 3.63) is 89.5 Å². The molecule has 0 spiro atoms. The normalized spacial score (nSPS) is 14.2. The molecule has 2 aromatic carbocycles. The molecule has 0 unspecified atom stereocenters. The van der Waals surface area contributed by atoms with Gasteiger partial charge in [-0.3, -0.25) is 19.5 Å². The summed E-state index contributed by atoms with van der Waals surface area (Å²) in [6, 6.07) is 14.9. The molecule has 0 atom stereocenters. The molecule has 180 valence electrons. The third kappa shape index (κ3) is 6.88. The van der Waals surface area contributed by atoms with E-state index in [1.807, 2.05) is 4.90 Å². The number of nitrogens with zero attached hydrogens (tertiary/aromatic N) is 3. The lowest BCUT2D eigenvalue weighted by Crippen LogP contribution is -2.50. The van der Waals surface area contributed by atoms with Gasteiger partial charge in [-0.2, -0.15) is 0 Å². The van der Waals surface area contributed by atoms with Crippen LogP contribution in [-0.4, -0.2) is 59.3 Å². The molecular formula is C26H24ClFN4O3. The van der Waals surface area contributed by atoms with Crippen molar-refractivity contribution in [1.82, 2.24) is 14.8 Å². The van der Waals surface area contributed by atoms with E-state index in [4.69, 9.17) is 16.3 Å². The monoisotopic (exact) mass is 494 g/mol. The number of halogens is 2. The van der Waals surface area contributed by atoms with Crippen LogP contribution in [-0.2, 0) is 9.59 Å². The topological polar surface area (TPSA) is 74.8 Å². The molecule has 1 saturated heterocycles. The number of carbonyl (C=O) groups is 2. The van der Waals surface area contributed by atoms with Crippen molar-refractivity contribution in [3.8, 4) is 11.5 Å². The number of piperazine rings is 1. The quantitative estimate of drug-likeness (QED) is 0.491. The van der Waals surface area contributed by atoms with E-state index >= 15 is 0 Å². The second-order valence-corrected chi connectivity index (χ2v) is 8.35. The van der Waals surface area contributed by atoms with Gasteiger partial charge in [-0.1, -0.05) is 29.8 Å². The Hall–Kier alpha value is -3.75. The van der Waals surface area contributed by atoms with E-state index in [-0.39, 0.29) is 24.1 Å². The van der Waals surface area contributed by atoms with Gasteiger partial charge in [0.05, 0.1) is 23.5 Å². The lowest BCUT2D eigenvalue weighted by atomic mass is 10.2. The van der Waals surface area contributed by atoms with E-state index < -0.39 is 5.82 Å². The number of aromatic nitrogens is 1. The van der Waals surface area contributed by atoms with Gasteiger partial charge in [0.15, 0.2) is 11.6 Å². The molecule has 0 saturated carbocycles. The van der Waals surface area contributed by atoms with Crippen molar-refractivity contribution in [3.63, 3.8) is 0 Å². The van der Waals surface area contributed by atoms with Gasteiger partial charge >= 0.3 is 0 Å². The van der Waals surface area contributed by atoms with Gasteiger partial charge in [-0.05, 0) is 48.0 Å². The highest BCUT2D eigenvalue weighted by molar-refractivity contribution is 6.33. The number of nitrogens with one attached hydrogen (secondary N) is 1. The van der Waals surface area contributed by atoms with E-state index in [9.17, 15) is 14.0 Å². The molecule has 0 aliphatic carbocycles. The second kappa shape index (κ2) is 11.6. The number of para-hydroxylation sites is 1. The van der Waals surface area contributed by atoms with Gasteiger partial charge in [-0.15, -0.1) is 0 Å². The van der Waals surface area contributed by atoms with Gasteiger partial charge in [0.25, 0.3) is 0 Å². The van der Waals surface area contributed by atoms with Gasteiger partial charge in [-0.25, -0.2) is 4.39 Å². The zero-order valence-electron chi connectivity index (χ0n) is 18.9. The van der Waals surface area contributed by atoms with Crippen LogP contribution in [0.25, 0.3) is 6.08 Å². The first-order chi connectivity index (χ1) is 17.0. The first kappa shape index (κ1) is 24.4. The number of amides is 2. The smallest absolute Gasteiger partial charge is 0.246 e. The summed E-state index contributed by atoms with van der Waals surface area (Å²) >= 11 is 6.08. The number of carbonyl (C=O) groups excluding carboxylic acids is 2. The molecule has 7 nitrogen and oxygen atoms in total. The van der Waals surface area contributed by atoms with Crippen LogP contribution in [0.15, 0.2) is 73.1 Å². The largest absolute Gasteiger partial charge is 0.453 e. The van der Waals surface area contributed by atoms with E-state index in [1.165, 1.54) is 24.4 Å². The second-order valence-electron chi connectivity index (χ2n) is 7.94. The third-order valence-electron chi connectivity index (χ3n) is 5.44. The average molecular weight is 495 g/mol. The minimum Gasteiger partial charge on any atom is -0.453 e. The Morgan fingerprint density at radius 1 is 1.09 bits per heavy atom. The molecule has 4 rings (SSSR count). The maximum absolute atomic E-state index is 14.4. The highest BCUT2D eigenvalue weighted by Gasteiger charge is 2.21. The van der Waals surface area contributed by atoms with Gasteiger partial charge < -0.3 is 15.0 Å². The number of ether oxygens (including phenoxy) is 1. The van der Waals surface area contributed by atoms with Crippen LogP contribution in [0.2, 0.25) is 5.02 Å². The van der Waals surface area contributed by atoms with Crippen molar-refractivity contribution < 1.29 is 18.7 Å². The average Bonchev–Trinajstić information content (AvgIpc) is 2.86. The summed E-state index contributed by atoms with van der Waals surface area (Å²) in [6.45, 7) is 2.36. The molecule has 1 aromatic heterocycles. The highest BCUT2D eigenvalue weighted by Crippen LogP contribution is 2.25. The molecule has 9 heteroatoms. The van der Waals surface area contributed by atoms with Crippen LogP contribution in [0.1, 0.15) is 5.56 Å². The zero-order valence-corrected chi connectivity index (χ0v) is 19.6.